The van der Waals surface area contributed by atoms with E-state index in [0.717, 1.165) is 12.1 Å². The molecular weight excluding hydrogens is 308 g/mol. The van der Waals surface area contributed by atoms with Crippen molar-refractivity contribution in [1.29, 1.82) is 0 Å². The molecule has 0 fully saturated rings. The third-order valence-corrected chi connectivity index (χ3v) is 3.25. The van der Waals surface area contributed by atoms with E-state index in [4.69, 9.17) is 0 Å². The second-order valence-electron chi connectivity index (χ2n) is 4.80. The van der Waals surface area contributed by atoms with Crippen LogP contribution in [0, 0.1) is 21.8 Å². The van der Waals surface area contributed by atoms with E-state index in [1.165, 1.54) is 13.8 Å². The van der Waals surface area contributed by atoms with Crippen molar-refractivity contribution in [3.05, 3.63) is 39.7 Å². The lowest BCUT2D eigenvalue weighted by Gasteiger charge is -2.26. The van der Waals surface area contributed by atoms with Crippen molar-refractivity contribution in [3.63, 3.8) is 0 Å². The Kier molecular flexibility index (Phi) is 5.45. The summed E-state index contributed by atoms with van der Waals surface area (Å²) >= 11 is 0. The molecule has 2 atom stereocenters. The maximum absolute atomic E-state index is 13.1. The van der Waals surface area contributed by atoms with Gasteiger partial charge < -0.3 is 5.32 Å². The summed E-state index contributed by atoms with van der Waals surface area (Å²) in [7, 11) is 0. The highest BCUT2D eigenvalue weighted by Crippen LogP contribution is 2.28. The van der Waals surface area contributed by atoms with Gasteiger partial charge in [0, 0.05) is 6.07 Å². The van der Waals surface area contributed by atoms with Crippen LogP contribution in [0.15, 0.2) is 18.2 Å². The number of nitro benzene ring substituents is 1. The molecule has 0 aliphatic carbocycles. The predicted molar refractivity (Wildman–Crippen MR) is 69.8 cm³/mol. The molecule has 0 heterocycles. The van der Waals surface area contributed by atoms with Gasteiger partial charge in [0.2, 0.25) is 0 Å². The first kappa shape index (κ1) is 17.9. The third-order valence-electron chi connectivity index (χ3n) is 3.25. The summed E-state index contributed by atoms with van der Waals surface area (Å²) in [5, 5.41) is 12.5. The lowest BCUT2D eigenvalue weighted by Crippen LogP contribution is -2.49. The molecule has 1 rings (SSSR count). The van der Waals surface area contributed by atoms with Crippen LogP contribution >= 0.6 is 0 Å². The van der Waals surface area contributed by atoms with Crippen LogP contribution in [-0.4, -0.2) is 23.0 Å². The molecule has 0 unspecified atom stereocenters. The quantitative estimate of drug-likeness (QED) is 0.513. The van der Waals surface area contributed by atoms with Crippen molar-refractivity contribution in [3.8, 4) is 0 Å². The van der Waals surface area contributed by atoms with E-state index in [1.807, 2.05) is 0 Å². The van der Waals surface area contributed by atoms with Gasteiger partial charge in [0.25, 0.3) is 11.6 Å². The van der Waals surface area contributed by atoms with Gasteiger partial charge in [0.15, 0.2) is 0 Å². The van der Waals surface area contributed by atoms with Gasteiger partial charge in [-0.15, -0.1) is 0 Å². The first-order valence-electron chi connectivity index (χ1n) is 6.39. The predicted octanol–water partition coefficient (Wildman–Crippen LogP) is 3.44. The van der Waals surface area contributed by atoms with E-state index in [1.54, 1.807) is 5.32 Å². The molecule has 5 nitrogen and oxygen atoms in total. The highest BCUT2D eigenvalue weighted by molar-refractivity contribution is 5.98. The summed E-state index contributed by atoms with van der Waals surface area (Å²) in [6, 6.07) is -0.147. The van der Waals surface area contributed by atoms with Crippen molar-refractivity contribution in [1.82, 2.24) is 5.32 Å². The average Bonchev–Trinajstić information content (AvgIpc) is 2.41. The number of carbonyl (C=O) groups is 1. The number of benzene rings is 1. The highest BCUT2D eigenvalue weighted by Gasteiger charge is 2.44. The van der Waals surface area contributed by atoms with E-state index in [9.17, 15) is 32.5 Å². The maximum Gasteiger partial charge on any atom is 0.408 e. The zero-order chi connectivity index (χ0) is 17.1. The Bertz CT molecular complexity index is 575. The smallest absolute Gasteiger partial charge is 0.340 e. The van der Waals surface area contributed by atoms with E-state index < -0.39 is 46.0 Å². The Morgan fingerprint density at radius 1 is 1.41 bits per heavy atom. The van der Waals surface area contributed by atoms with Crippen LogP contribution in [0.1, 0.15) is 30.6 Å². The van der Waals surface area contributed by atoms with Crippen LogP contribution in [0.3, 0.4) is 0 Å². The fourth-order valence-electron chi connectivity index (χ4n) is 1.85. The number of halogens is 4. The fraction of sp³-hybridized carbons (Fsp3) is 0.462. The molecule has 0 aromatic heterocycles. The Labute approximate surface area is 123 Å². The number of nitrogens with zero attached hydrogens (tertiary/aromatic N) is 1. The first-order chi connectivity index (χ1) is 10.1. The molecule has 0 aliphatic heterocycles. The van der Waals surface area contributed by atoms with E-state index >= 15 is 0 Å². The minimum atomic E-state index is -4.72. The van der Waals surface area contributed by atoms with Gasteiger partial charge in [-0.25, -0.2) is 4.39 Å². The topological polar surface area (TPSA) is 72.2 Å². The van der Waals surface area contributed by atoms with Gasteiger partial charge in [0.1, 0.15) is 17.4 Å². The second-order valence-corrected chi connectivity index (χ2v) is 4.80. The molecule has 0 bridgehead atoms. The number of amides is 1. The summed E-state index contributed by atoms with van der Waals surface area (Å²) in [6.45, 7) is 2.80. The van der Waals surface area contributed by atoms with Crippen molar-refractivity contribution in [2.45, 2.75) is 32.5 Å². The number of carbonyl (C=O) groups excluding carboxylic acids is 1. The number of nitrogens with one attached hydrogen (secondary N) is 1. The monoisotopic (exact) mass is 322 g/mol. The van der Waals surface area contributed by atoms with Crippen molar-refractivity contribution in [2.75, 3.05) is 0 Å². The minimum Gasteiger partial charge on any atom is -0.340 e. The molecule has 1 amide bonds. The van der Waals surface area contributed by atoms with Crippen LogP contribution in [0.25, 0.3) is 0 Å². The molecule has 0 saturated carbocycles. The van der Waals surface area contributed by atoms with Crippen molar-refractivity contribution in [2.24, 2.45) is 5.92 Å². The Morgan fingerprint density at radius 2 is 2.00 bits per heavy atom. The van der Waals surface area contributed by atoms with Gasteiger partial charge in [-0.2, -0.15) is 13.2 Å². The van der Waals surface area contributed by atoms with Crippen LogP contribution in [-0.2, 0) is 0 Å². The highest BCUT2D eigenvalue weighted by atomic mass is 19.4. The molecule has 22 heavy (non-hydrogen) atoms. The fourth-order valence-corrected chi connectivity index (χ4v) is 1.85. The van der Waals surface area contributed by atoms with Gasteiger partial charge >= 0.3 is 6.18 Å². The number of hydrogen-bond acceptors (Lipinski definition) is 3. The van der Waals surface area contributed by atoms with E-state index in [2.05, 4.69) is 0 Å². The molecule has 0 saturated heterocycles. The largest absolute Gasteiger partial charge is 0.408 e. The molecule has 0 spiro atoms. The van der Waals surface area contributed by atoms with Gasteiger partial charge in [-0.05, 0) is 18.1 Å². The van der Waals surface area contributed by atoms with Crippen LogP contribution in [0.5, 0.6) is 0 Å². The zero-order valence-corrected chi connectivity index (χ0v) is 11.8. The molecular formula is C13H14F4N2O3. The van der Waals surface area contributed by atoms with E-state index in [0.29, 0.717) is 6.07 Å². The Morgan fingerprint density at radius 3 is 2.45 bits per heavy atom. The van der Waals surface area contributed by atoms with E-state index in [-0.39, 0.29) is 6.42 Å². The summed E-state index contributed by atoms with van der Waals surface area (Å²) in [4.78, 5) is 21.8. The molecule has 0 radical (unpaired) electrons. The number of nitro groups is 1. The standard InChI is InChI=1S/C13H14F4N2O3/c1-3-7(2)11(13(15,16)17)18-12(20)9-6-8(14)4-5-10(9)19(21)22/h4-7,11H,3H2,1-2H3,(H,18,20)/t7-,11+/m0/s1. The minimum absolute atomic E-state index is 0.135. The third kappa shape index (κ3) is 4.15. The van der Waals surface area contributed by atoms with Crippen LogP contribution < -0.4 is 5.32 Å². The van der Waals surface area contributed by atoms with Crippen LogP contribution in [0.4, 0.5) is 23.2 Å². The van der Waals surface area contributed by atoms with Crippen LogP contribution in [0.2, 0.25) is 0 Å². The molecule has 9 heteroatoms. The second kappa shape index (κ2) is 6.71. The molecule has 1 aromatic rings. The number of hydrogen-bond donors (Lipinski definition) is 1. The van der Waals surface area contributed by atoms with Gasteiger partial charge in [-0.1, -0.05) is 20.3 Å². The molecule has 122 valence electrons. The summed E-state index contributed by atoms with van der Waals surface area (Å²) in [5.74, 6) is -3.23. The lowest BCUT2D eigenvalue weighted by molar-refractivity contribution is -0.385. The molecule has 0 aliphatic rings. The molecule has 1 aromatic carbocycles. The Hall–Kier alpha value is -2.19. The van der Waals surface area contributed by atoms with Crippen molar-refractivity contribution >= 4 is 11.6 Å². The number of alkyl halides is 3. The Balaban J connectivity index is 3.15. The summed E-state index contributed by atoms with van der Waals surface area (Å²) in [6.07, 6.45) is -4.58. The maximum atomic E-state index is 13.1. The molecule has 1 N–H and O–H groups in total. The lowest BCUT2D eigenvalue weighted by atomic mass is 9.98. The summed E-state index contributed by atoms with van der Waals surface area (Å²) < 4.78 is 52.0. The SMILES string of the molecule is CC[C@H](C)[C@@H](NC(=O)c1cc(F)ccc1[N+](=O)[O-])C(F)(F)F. The zero-order valence-electron chi connectivity index (χ0n) is 11.8. The number of rotatable bonds is 5. The van der Waals surface area contributed by atoms with Crippen molar-refractivity contribution < 1.29 is 27.3 Å². The first-order valence-corrected chi connectivity index (χ1v) is 6.39. The summed E-state index contributed by atoms with van der Waals surface area (Å²) in [5.41, 5.74) is -1.51. The van der Waals surface area contributed by atoms with Gasteiger partial charge in [0.05, 0.1) is 4.92 Å². The normalized spacial score (nSPS) is 14.3. The van der Waals surface area contributed by atoms with Gasteiger partial charge in [-0.3, -0.25) is 14.9 Å². The average molecular weight is 322 g/mol.